The van der Waals surface area contributed by atoms with Crippen LogP contribution in [0.4, 0.5) is 31.5 Å². The smallest absolute Gasteiger partial charge is 0.387 e. The molecule has 0 radical (unpaired) electrons. The molecule has 9 heteroatoms. The third-order valence-corrected chi connectivity index (χ3v) is 3.82. The number of benzene rings is 2. The van der Waals surface area contributed by atoms with Crippen molar-refractivity contribution in [2.24, 2.45) is 0 Å². The summed E-state index contributed by atoms with van der Waals surface area (Å²) < 4.78 is 29.1. The number of anilines is 3. The molecule has 0 saturated carbocycles. The molecule has 7 nitrogen and oxygen atoms in total. The summed E-state index contributed by atoms with van der Waals surface area (Å²) in [6.45, 7) is -3.17. The molecule has 0 spiro atoms. The lowest BCUT2D eigenvalue weighted by molar-refractivity contribution is -0.386. The summed E-state index contributed by atoms with van der Waals surface area (Å²) in [5, 5.41) is 13.9. The van der Waals surface area contributed by atoms with Crippen molar-refractivity contribution in [1.29, 1.82) is 0 Å². The monoisotopic (exact) mass is 349 g/mol. The second-order valence-corrected chi connectivity index (χ2v) is 5.42. The minimum absolute atomic E-state index is 0.0184. The number of likely N-dealkylation sites (N-methyl/N-ethyl adjacent to an activating group) is 1. The van der Waals surface area contributed by atoms with E-state index in [0.29, 0.717) is 11.4 Å². The second-order valence-electron chi connectivity index (χ2n) is 5.42. The number of nitrogens with one attached hydrogen (secondary N) is 1. The fourth-order valence-electron chi connectivity index (χ4n) is 2.65. The molecular formula is C16H13F2N3O4. The highest BCUT2D eigenvalue weighted by Gasteiger charge is 2.24. The maximum absolute atomic E-state index is 12.4. The Hall–Kier alpha value is -3.23. The lowest BCUT2D eigenvalue weighted by Gasteiger charge is -2.12. The number of hydrogen-bond donors (Lipinski definition) is 1. The zero-order valence-corrected chi connectivity index (χ0v) is 13.0. The number of amides is 1. The maximum atomic E-state index is 12.4. The van der Waals surface area contributed by atoms with Crippen LogP contribution in [0.15, 0.2) is 36.4 Å². The normalized spacial score (nSPS) is 13.1. The zero-order chi connectivity index (χ0) is 18.1. The molecule has 1 aliphatic heterocycles. The Labute approximate surface area is 141 Å². The van der Waals surface area contributed by atoms with Gasteiger partial charge < -0.3 is 15.0 Å². The summed E-state index contributed by atoms with van der Waals surface area (Å²) in [4.78, 5) is 23.4. The first-order chi connectivity index (χ1) is 11.8. The summed E-state index contributed by atoms with van der Waals surface area (Å²) in [6, 6.07) is 8.87. The van der Waals surface area contributed by atoms with Gasteiger partial charge in [-0.25, -0.2) is 0 Å². The summed E-state index contributed by atoms with van der Waals surface area (Å²) in [7, 11) is 1.69. The van der Waals surface area contributed by atoms with Crippen molar-refractivity contribution < 1.29 is 23.2 Å². The van der Waals surface area contributed by atoms with Crippen molar-refractivity contribution in [3.8, 4) is 5.75 Å². The van der Waals surface area contributed by atoms with E-state index in [2.05, 4.69) is 10.1 Å². The standard InChI is InChI=1S/C16H13F2N3O4/c1-20-12-4-2-10(6-9(12)7-15(20)22)19-11-3-5-13(21(23)24)14(8-11)25-16(17)18/h2-6,8,16,19H,7H2,1H3. The molecule has 0 unspecified atom stereocenters. The molecule has 0 bridgehead atoms. The van der Waals surface area contributed by atoms with Crippen LogP contribution in [-0.4, -0.2) is 24.5 Å². The maximum Gasteiger partial charge on any atom is 0.387 e. The van der Waals surface area contributed by atoms with Crippen molar-refractivity contribution in [2.75, 3.05) is 17.3 Å². The van der Waals surface area contributed by atoms with Gasteiger partial charge in [0.05, 0.1) is 11.3 Å². The molecule has 2 aromatic rings. The number of nitro benzene ring substituents is 1. The van der Waals surface area contributed by atoms with Gasteiger partial charge in [0.2, 0.25) is 11.7 Å². The molecule has 0 saturated heterocycles. The van der Waals surface area contributed by atoms with E-state index < -0.39 is 23.0 Å². The molecular weight excluding hydrogens is 336 g/mol. The first kappa shape index (κ1) is 16.6. The van der Waals surface area contributed by atoms with Gasteiger partial charge in [0.1, 0.15) is 0 Å². The van der Waals surface area contributed by atoms with Crippen molar-refractivity contribution in [1.82, 2.24) is 0 Å². The van der Waals surface area contributed by atoms with Crippen LogP contribution < -0.4 is 15.0 Å². The highest BCUT2D eigenvalue weighted by molar-refractivity contribution is 6.01. The van der Waals surface area contributed by atoms with E-state index in [4.69, 9.17) is 0 Å². The van der Waals surface area contributed by atoms with Gasteiger partial charge in [0.15, 0.2) is 0 Å². The van der Waals surface area contributed by atoms with E-state index in [9.17, 15) is 23.7 Å². The molecule has 1 heterocycles. The number of rotatable bonds is 5. The number of fused-ring (bicyclic) bond motifs is 1. The van der Waals surface area contributed by atoms with Gasteiger partial charge in [-0.05, 0) is 29.8 Å². The molecule has 1 amide bonds. The van der Waals surface area contributed by atoms with Crippen LogP contribution in [0.25, 0.3) is 0 Å². The topological polar surface area (TPSA) is 84.7 Å². The molecule has 0 fully saturated rings. The summed E-state index contributed by atoms with van der Waals surface area (Å²) in [6.07, 6.45) is 0.279. The van der Waals surface area contributed by atoms with Crippen LogP contribution >= 0.6 is 0 Å². The van der Waals surface area contributed by atoms with Crippen LogP contribution in [0.3, 0.4) is 0 Å². The Morgan fingerprint density at radius 3 is 2.60 bits per heavy atom. The van der Waals surface area contributed by atoms with E-state index in [1.807, 2.05) is 0 Å². The lowest BCUT2D eigenvalue weighted by Crippen LogP contribution is -2.20. The highest BCUT2D eigenvalue weighted by Crippen LogP contribution is 2.34. The first-order valence-electron chi connectivity index (χ1n) is 7.25. The van der Waals surface area contributed by atoms with Crippen molar-refractivity contribution in [3.63, 3.8) is 0 Å². The van der Waals surface area contributed by atoms with Crippen LogP contribution in [0, 0.1) is 10.1 Å². The van der Waals surface area contributed by atoms with Gasteiger partial charge >= 0.3 is 12.3 Å². The van der Waals surface area contributed by atoms with Gasteiger partial charge in [-0.3, -0.25) is 14.9 Å². The van der Waals surface area contributed by atoms with Crippen LogP contribution in [0.5, 0.6) is 5.75 Å². The van der Waals surface area contributed by atoms with Crippen LogP contribution in [-0.2, 0) is 11.2 Å². The molecule has 3 rings (SSSR count). The van der Waals surface area contributed by atoms with E-state index in [1.54, 1.807) is 30.1 Å². The molecule has 0 aliphatic carbocycles. The number of carbonyl (C=O) groups is 1. The van der Waals surface area contributed by atoms with E-state index in [1.165, 1.54) is 6.07 Å². The quantitative estimate of drug-likeness (QED) is 0.660. The average Bonchev–Trinajstić information content (AvgIpc) is 2.81. The van der Waals surface area contributed by atoms with E-state index in [-0.39, 0.29) is 12.3 Å². The van der Waals surface area contributed by atoms with Gasteiger partial charge in [-0.1, -0.05) is 0 Å². The fraction of sp³-hybridized carbons (Fsp3) is 0.188. The van der Waals surface area contributed by atoms with Crippen LogP contribution in [0.1, 0.15) is 5.56 Å². The number of carbonyl (C=O) groups excluding carboxylic acids is 1. The fourth-order valence-corrected chi connectivity index (χ4v) is 2.65. The largest absolute Gasteiger partial charge is 0.427 e. The van der Waals surface area contributed by atoms with Gasteiger partial charge in [0, 0.05) is 36.2 Å². The predicted octanol–water partition coefficient (Wildman–Crippen LogP) is 3.46. The Kier molecular flexibility index (Phi) is 4.22. The predicted molar refractivity (Wildman–Crippen MR) is 86.6 cm³/mol. The molecule has 0 atom stereocenters. The number of halogens is 2. The summed E-state index contributed by atoms with van der Waals surface area (Å²) >= 11 is 0. The number of ether oxygens (including phenoxy) is 1. The molecule has 25 heavy (non-hydrogen) atoms. The number of alkyl halides is 2. The van der Waals surface area contributed by atoms with E-state index in [0.717, 1.165) is 23.4 Å². The first-order valence-corrected chi connectivity index (χ1v) is 7.25. The molecule has 0 aromatic heterocycles. The van der Waals surface area contributed by atoms with Gasteiger partial charge in [0.25, 0.3) is 0 Å². The summed E-state index contributed by atoms with van der Waals surface area (Å²) in [5.41, 5.74) is 2.06. The van der Waals surface area contributed by atoms with Crippen molar-refractivity contribution in [3.05, 3.63) is 52.1 Å². The minimum atomic E-state index is -3.17. The van der Waals surface area contributed by atoms with Crippen molar-refractivity contribution >= 4 is 28.7 Å². The third kappa shape index (κ3) is 3.35. The molecule has 130 valence electrons. The number of nitro groups is 1. The second kappa shape index (κ2) is 6.34. The minimum Gasteiger partial charge on any atom is -0.427 e. The molecule has 1 N–H and O–H groups in total. The Balaban J connectivity index is 1.87. The SMILES string of the molecule is CN1C(=O)Cc2cc(Nc3ccc([N+](=O)[O-])c(OC(F)F)c3)ccc21. The van der Waals surface area contributed by atoms with Crippen LogP contribution in [0.2, 0.25) is 0 Å². The third-order valence-electron chi connectivity index (χ3n) is 3.82. The van der Waals surface area contributed by atoms with E-state index >= 15 is 0 Å². The van der Waals surface area contributed by atoms with Gasteiger partial charge in [-0.15, -0.1) is 0 Å². The summed E-state index contributed by atoms with van der Waals surface area (Å²) in [5.74, 6) is -0.545. The Morgan fingerprint density at radius 1 is 1.24 bits per heavy atom. The van der Waals surface area contributed by atoms with Crippen molar-refractivity contribution in [2.45, 2.75) is 13.0 Å². The number of hydrogen-bond acceptors (Lipinski definition) is 5. The molecule has 1 aliphatic rings. The Bertz CT molecular complexity index is 857. The number of nitrogens with zero attached hydrogens (tertiary/aromatic N) is 2. The highest BCUT2D eigenvalue weighted by atomic mass is 19.3. The Morgan fingerprint density at radius 2 is 1.92 bits per heavy atom. The average molecular weight is 349 g/mol. The lowest BCUT2D eigenvalue weighted by atomic mass is 10.1. The van der Waals surface area contributed by atoms with Gasteiger partial charge in [-0.2, -0.15) is 8.78 Å². The molecule has 2 aromatic carbocycles. The zero-order valence-electron chi connectivity index (χ0n) is 13.0.